The summed E-state index contributed by atoms with van der Waals surface area (Å²) in [6.07, 6.45) is 1.80. The van der Waals surface area contributed by atoms with E-state index in [9.17, 15) is 0 Å². The van der Waals surface area contributed by atoms with Crippen LogP contribution < -0.4 is 4.90 Å². The first kappa shape index (κ1) is 14.3. The van der Waals surface area contributed by atoms with Gasteiger partial charge in [-0.2, -0.15) is 10.1 Å². The zero-order valence-corrected chi connectivity index (χ0v) is 13.4. The summed E-state index contributed by atoms with van der Waals surface area (Å²) in [5, 5.41) is 8.83. The molecule has 0 bridgehead atoms. The van der Waals surface area contributed by atoms with Crippen molar-refractivity contribution in [2.45, 2.75) is 13.5 Å². The van der Waals surface area contributed by atoms with Crippen molar-refractivity contribution in [2.24, 2.45) is 7.05 Å². The number of hydrogen-bond donors (Lipinski definition) is 0. The van der Waals surface area contributed by atoms with E-state index in [-0.39, 0.29) is 0 Å². The molecule has 0 radical (unpaired) electrons. The van der Waals surface area contributed by atoms with Crippen LogP contribution in [0.15, 0.2) is 36.5 Å². The Labute approximate surface area is 130 Å². The van der Waals surface area contributed by atoms with Crippen LogP contribution in [0.4, 0.5) is 5.95 Å². The highest BCUT2D eigenvalue weighted by Gasteiger charge is 2.13. The van der Waals surface area contributed by atoms with Crippen LogP contribution in [-0.2, 0) is 13.6 Å². The summed E-state index contributed by atoms with van der Waals surface area (Å²) in [6, 6.07) is 10.2. The second-order valence-electron chi connectivity index (χ2n) is 5.37. The number of aryl methyl sites for hydroxylation is 2. The van der Waals surface area contributed by atoms with Gasteiger partial charge in [0.15, 0.2) is 5.82 Å². The highest BCUT2D eigenvalue weighted by atomic mass is 15.4. The van der Waals surface area contributed by atoms with Crippen molar-refractivity contribution in [3.05, 3.63) is 36.5 Å². The standard InChI is InChI=1S/C16H20N6/c1-5-22-16(20(2)3)18-15(19-22)13-8-6-7-12(11-13)14-9-10-17-21(14)4/h6-11H,5H2,1-4H3. The van der Waals surface area contributed by atoms with Crippen molar-refractivity contribution in [1.82, 2.24) is 24.5 Å². The summed E-state index contributed by atoms with van der Waals surface area (Å²) in [5.41, 5.74) is 3.19. The molecule has 2 aromatic heterocycles. The fourth-order valence-electron chi connectivity index (χ4n) is 2.47. The minimum Gasteiger partial charge on any atom is -0.347 e. The van der Waals surface area contributed by atoms with Gasteiger partial charge in [0.2, 0.25) is 5.95 Å². The lowest BCUT2D eigenvalue weighted by molar-refractivity contribution is 0.654. The van der Waals surface area contributed by atoms with E-state index >= 15 is 0 Å². The predicted octanol–water partition coefficient (Wildman–Crippen LogP) is 2.43. The van der Waals surface area contributed by atoms with Crippen molar-refractivity contribution in [1.29, 1.82) is 0 Å². The fraction of sp³-hybridized carbons (Fsp3) is 0.312. The highest BCUT2D eigenvalue weighted by molar-refractivity contribution is 5.68. The third kappa shape index (κ3) is 2.47. The third-order valence-corrected chi connectivity index (χ3v) is 3.59. The molecule has 6 nitrogen and oxygen atoms in total. The molecule has 3 aromatic rings. The van der Waals surface area contributed by atoms with E-state index in [2.05, 4.69) is 34.2 Å². The Morgan fingerprint density at radius 1 is 1.14 bits per heavy atom. The van der Waals surface area contributed by atoms with Crippen molar-refractivity contribution < 1.29 is 0 Å². The number of benzene rings is 1. The van der Waals surface area contributed by atoms with E-state index in [0.29, 0.717) is 0 Å². The summed E-state index contributed by atoms with van der Waals surface area (Å²) in [4.78, 5) is 6.63. The lowest BCUT2D eigenvalue weighted by atomic mass is 10.1. The molecule has 1 aromatic carbocycles. The second-order valence-corrected chi connectivity index (χ2v) is 5.37. The Hall–Kier alpha value is -2.63. The van der Waals surface area contributed by atoms with Gasteiger partial charge in [0.1, 0.15) is 0 Å². The molecule has 3 rings (SSSR count). The zero-order chi connectivity index (χ0) is 15.7. The van der Waals surface area contributed by atoms with Crippen LogP contribution in [0.5, 0.6) is 0 Å². The molecule has 0 aliphatic rings. The van der Waals surface area contributed by atoms with E-state index in [1.807, 2.05) is 53.6 Å². The number of nitrogens with zero attached hydrogens (tertiary/aromatic N) is 6. The number of rotatable bonds is 4. The van der Waals surface area contributed by atoms with Gasteiger partial charge in [-0.1, -0.05) is 18.2 Å². The Morgan fingerprint density at radius 3 is 2.50 bits per heavy atom. The van der Waals surface area contributed by atoms with Crippen molar-refractivity contribution in [2.75, 3.05) is 19.0 Å². The van der Waals surface area contributed by atoms with Gasteiger partial charge < -0.3 is 4.90 Å². The molecule has 0 spiro atoms. The van der Waals surface area contributed by atoms with Crippen LogP contribution in [0, 0.1) is 0 Å². The maximum absolute atomic E-state index is 4.65. The van der Waals surface area contributed by atoms with Crippen LogP contribution >= 0.6 is 0 Å². The van der Waals surface area contributed by atoms with Crippen LogP contribution in [0.2, 0.25) is 0 Å². The Kier molecular flexibility index (Phi) is 3.66. The summed E-state index contributed by atoms with van der Waals surface area (Å²) in [6.45, 7) is 2.86. The molecule has 0 N–H and O–H groups in total. The molecule has 0 aliphatic carbocycles. The third-order valence-electron chi connectivity index (χ3n) is 3.59. The van der Waals surface area contributed by atoms with Gasteiger partial charge >= 0.3 is 0 Å². The molecule has 114 valence electrons. The van der Waals surface area contributed by atoms with Gasteiger partial charge in [0, 0.05) is 45.0 Å². The van der Waals surface area contributed by atoms with Gasteiger partial charge in [-0.15, -0.1) is 5.10 Å². The van der Waals surface area contributed by atoms with Gasteiger partial charge in [-0.25, -0.2) is 4.68 Å². The van der Waals surface area contributed by atoms with Crippen LogP contribution in [0.25, 0.3) is 22.6 Å². The van der Waals surface area contributed by atoms with Gasteiger partial charge in [-0.3, -0.25) is 4.68 Å². The average molecular weight is 296 g/mol. The maximum atomic E-state index is 4.65. The van der Waals surface area contributed by atoms with E-state index < -0.39 is 0 Å². The van der Waals surface area contributed by atoms with E-state index in [0.717, 1.165) is 35.1 Å². The largest absolute Gasteiger partial charge is 0.347 e. The topological polar surface area (TPSA) is 51.8 Å². The normalized spacial score (nSPS) is 10.9. The molecule has 0 aliphatic heterocycles. The van der Waals surface area contributed by atoms with E-state index in [4.69, 9.17) is 0 Å². The first-order valence-electron chi connectivity index (χ1n) is 7.31. The van der Waals surface area contributed by atoms with Gasteiger partial charge in [-0.05, 0) is 19.1 Å². The average Bonchev–Trinajstić information content (AvgIpc) is 3.13. The Morgan fingerprint density at radius 2 is 1.91 bits per heavy atom. The number of anilines is 1. The van der Waals surface area contributed by atoms with Crippen LogP contribution in [0.3, 0.4) is 0 Å². The molecule has 6 heteroatoms. The lowest BCUT2D eigenvalue weighted by Gasteiger charge is -2.10. The van der Waals surface area contributed by atoms with Crippen LogP contribution in [0.1, 0.15) is 6.92 Å². The Balaban J connectivity index is 2.04. The first-order chi connectivity index (χ1) is 10.6. The zero-order valence-electron chi connectivity index (χ0n) is 13.4. The minimum atomic E-state index is 0.745. The molecular weight excluding hydrogens is 276 g/mol. The molecular formula is C16H20N6. The molecule has 0 fully saturated rings. The van der Waals surface area contributed by atoms with E-state index in [1.54, 1.807) is 6.20 Å². The van der Waals surface area contributed by atoms with Crippen molar-refractivity contribution in [3.8, 4) is 22.6 Å². The molecule has 0 saturated heterocycles. The number of hydrogen-bond acceptors (Lipinski definition) is 4. The maximum Gasteiger partial charge on any atom is 0.223 e. The number of aromatic nitrogens is 5. The van der Waals surface area contributed by atoms with Crippen molar-refractivity contribution in [3.63, 3.8) is 0 Å². The summed E-state index contributed by atoms with van der Waals surface area (Å²) < 4.78 is 3.77. The highest BCUT2D eigenvalue weighted by Crippen LogP contribution is 2.25. The van der Waals surface area contributed by atoms with Crippen LogP contribution in [-0.4, -0.2) is 38.6 Å². The monoisotopic (exact) mass is 296 g/mol. The minimum absolute atomic E-state index is 0.745. The van der Waals surface area contributed by atoms with Gasteiger partial charge in [0.05, 0.1) is 5.69 Å². The fourth-order valence-corrected chi connectivity index (χ4v) is 2.47. The second kappa shape index (κ2) is 5.63. The molecule has 22 heavy (non-hydrogen) atoms. The molecule has 0 atom stereocenters. The van der Waals surface area contributed by atoms with Gasteiger partial charge in [0.25, 0.3) is 0 Å². The van der Waals surface area contributed by atoms with Crippen molar-refractivity contribution >= 4 is 5.95 Å². The quantitative estimate of drug-likeness (QED) is 0.742. The summed E-state index contributed by atoms with van der Waals surface area (Å²) in [5.74, 6) is 1.61. The predicted molar refractivity (Wildman–Crippen MR) is 87.7 cm³/mol. The first-order valence-corrected chi connectivity index (χ1v) is 7.31. The molecule has 2 heterocycles. The SMILES string of the molecule is CCn1nc(-c2cccc(-c3ccnn3C)c2)nc1N(C)C. The molecule has 0 amide bonds. The summed E-state index contributed by atoms with van der Waals surface area (Å²) in [7, 11) is 5.90. The molecule has 0 unspecified atom stereocenters. The lowest BCUT2D eigenvalue weighted by Crippen LogP contribution is -2.15. The Bertz CT molecular complexity index is 784. The smallest absolute Gasteiger partial charge is 0.223 e. The van der Waals surface area contributed by atoms with E-state index in [1.165, 1.54) is 0 Å². The molecule has 0 saturated carbocycles. The summed E-state index contributed by atoms with van der Waals surface area (Å²) >= 11 is 0.